The van der Waals surface area contributed by atoms with Gasteiger partial charge in [0.15, 0.2) is 5.96 Å². The van der Waals surface area contributed by atoms with Crippen LogP contribution in [0.3, 0.4) is 0 Å². The van der Waals surface area contributed by atoms with E-state index in [4.69, 9.17) is 9.47 Å². The second-order valence-electron chi connectivity index (χ2n) is 5.15. The van der Waals surface area contributed by atoms with Crippen molar-refractivity contribution in [3.8, 4) is 0 Å². The maximum absolute atomic E-state index is 5.73. The molecule has 1 aliphatic heterocycles. The summed E-state index contributed by atoms with van der Waals surface area (Å²) in [4.78, 5) is 8.74. The Labute approximate surface area is 136 Å². The third kappa shape index (κ3) is 5.90. The van der Waals surface area contributed by atoms with Crippen LogP contribution in [0.4, 0.5) is 0 Å². The van der Waals surface area contributed by atoms with Crippen molar-refractivity contribution in [2.45, 2.75) is 38.8 Å². The molecule has 22 heavy (non-hydrogen) atoms. The first-order valence-corrected chi connectivity index (χ1v) is 8.77. The molecule has 124 valence electrons. The fraction of sp³-hybridized carbons (Fsp3) is 0.733. The lowest BCUT2D eigenvalue weighted by molar-refractivity contribution is 0.0420. The summed E-state index contributed by atoms with van der Waals surface area (Å²) >= 11 is 1.71. The molecular weight excluding hydrogens is 300 g/mol. The Hall–Kier alpha value is -1.18. The van der Waals surface area contributed by atoms with E-state index in [-0.39, 0.29) is 6.10 Å². The minimum atomic E-state index is 0.287. The van der Waals surface area contributed by atoms with Gasteiger partial charge in [-0.05, 0) is 19.3 Å². The second kappa shape index (κ2) is 9.76. The van der Waals surface area contributed by atoms with Gasteiger partial charge in [-0.1, -0.05) is 6.92 Å². The number of hydrogen-bond acceptors (Lipinski definition) is 5. The van der Waals surface area contributed by atoms with Crippen LogP contribution in [0.25, 0.3) is 0 Å². The van der Waals surface area contributed by atoms with Crippen molar-refractivity contribution in [1.29, 1.82) is 0 Å². The molecule has 1 atom stereocenters. The Morgan fingerprint density at radius 1 is 1.55 bits per heavy atom. The third-order valence-corrected chi connectivity index (χ3v) is 4.46. The number of aliphatic imine (C=N–C) groups is 1. The molecule has 1 aromatic rings. The number of nitrogens with one attached hydrogen (secondary N) is 2. The first kappa shape index (κ1) is 17.2. The zero-order chi connectivity index (χ0) is 15.6. The quantitative estimate of drug-likeness (QED) is 0.431. The number of nitrogens with zero attached hydrogens (tertiary/aromatic N) is 2. The van der Waals surface area contributed by atoms with Crippen LogP contribution in [0, 0.1) is 0 Å². The Bertz CT molecular complexity index is 458. The molecule has 0 spiro atoms. The van der Waals surface area contributed by atoms with Crippen LogP contribution >= 0.6 is 11.3 Å². The van der Waals surface area contributed by atoms with E-state index in [9.17, 15) is 0 Å². The predicted molar refractivity (Wildman–Crippen MR) is 89.5 cm³/mol. The minimum absolute atomic E-state index is 0.287. The molecule has 6 nitrogen and oxygen atoms in total. The summed E-state index contributed by atoms with van der Waals surface area (Å²) in [6, 6.07) is 0. The average Bonchev–Trinajstić information content (AvgIpc) is 3.21. The maximum atomic E-state index is 5.73. The maximum Gasteiger partial charge on any atom is 0.191 e. The molecular formula is C15H26N4O2S. The number of aromatic nitrogens is 1. The normalized spacial score (nSPS) is 18.6. The van der Waals surface area contributed by atoms with Gasteiger partial charge in [0.25, 0.3) is 0 Å². The van der Waals surface area contributed by atoms with Crippen molar-refractivity contribution in [3.63, 3.8) is 0 Å². The van der Waals surface area contributed by atoms with Gasteiger partial charge in [-0.25, -0.2) is 4.98 Å². The highest BCUT2D eigenvalue weighted by Crippen LogP contribution is 2.09. The molecule has 0 aromatic carbocycles. The van der Waals surface area contributed by atoms with Crippen LogP contribution in [0.1, 0.15) is 30.5 Å². The zero-order valence-electron chi connectivity index (χ0n) is 13.4. The number of aryl methyl sites for hydroxylation is 1. The average molecular weight is 326 g/mol. The fourth-order valence-corrected chi connectivity index (χ4v) is 2.91. The molecule has 0 aliphatic carbocycles. The lowest BCUT2D eigenvalue weighted by atomic mass is 10.3. The third-order valence-electron chi connectivity index (χ3n) is 3.42. The van der Waals surface area contributed by atoms with E-state index in [1.165, 1.54) is 5.01 Å². The summed E-state index contributed by atoms with van der Waals surface area (Å²) < 4.78 is 11.0. The SMILES string of the molecule is CCc1nc(CNC(=NC)NCCCOC2CCOC2)cs1. The summed E-state index contributed by atoms with van der Waals surface area (Å²) in [5.41, 5.74) is 1.06. The summed E-state index contributed by atoms with van der Waals surface area (Å²) in [6.07, 6.45) is 3.25. The van der Waals surface area contributed by atoms with Crippen LogP contribution in [-0.4, -0.2) is 50.5 Å². The van der Waals surface area contributed by atoms with Gasteiger partial charge in [0.2, 0.25) is 0 Å². The van der Waals surface area contributed by atoms with Gasteiger partial charge in [0.05, 0.1) is 30.0 Å². The molecule has 2 N–H and O–H groups in total. The van der Waals surface area contributed by atoms with Crippen molar-refractivity contribution in [2.75, 3.05) is 33.4 Å². The lowest BCUT2D eigenvalue weighted by Gasteiger charge is -2.12. The molecule has 1 unspecified atom stereocenters. The summed E-state index contributed by atoms with van der Waals surface area (Å²) in [5, 5.41) is 9.83. The fourth-order valence-electron chi connectivity index (χ4n) is 2.16. The summed E-state index contributed by atoms with van der Waals surface area (Å²) in [6.45, 7) is 5.98. The molecule has 0 saturated carbocycles. The second-order valence-corrected chi connectivity index (χ2v) is 6.09. The van der Waals surface area contributed by atoms with Gasteiger partial charge >= 0.3 is 0 Å². The highest BCUT2D eigenvalue weighted by atomic mass is 32.1. The standard InChI is InChI=1S/C15H26N4O2S/c1-3-14-19-12(11-22-14)9-18-15(16-2)17-6-4-7-21-13-5-8-20-10-13/h11,13H,3-10H2,1-2H3,(H2,16,17,18). The largest absolute Gasteiger partial charge is 0.379 e. The minimum Gasteiger partial charge on any atom is -0.379 e. The van der Waals surface area contributed by atoms with E-state index in [0.29, 0.717) is 6.54 Å². The molecule has 0 radical (unpaired) electrons. The van der Waals surface area contributed by atoms with E-state index >= 15 is 0 Å². The summed E-state index contributed by atoms with van der Waals surface area (Å²) in [7, 11) is 1.78. The van der Waals surface area contributed by atoms with E-state index in [0.717, 1.165) is 57.3 Å². The Morgan fingerprint density at radius 2 is 2.45 bits per heavy atom. The molecule has 7 heteroatoms. The van der Waals surface area contributed by atoms with Crippen LogP contribution < -0.4 is 10.6 Å². The monoisotopic (exact) mass is 326 g/mol. The zero-order valence-corrected chi connectivity index (χ0v) is 14.2. The van der Waals surface area contributed by atoms with Gasteiger partial charge in [-0.15, -0.1) is 11.3 Å². The highest BCUT2D eigenvalue weighted by Gasteiger charge is 2.15. The van der Waals surface area contributed by atoms with Crippen LogP contribution in [0.15, 0.2) is 10.4 Å². The van der Waals surface area contributed by atoms with Crippen molar-refractivity contribution >= 4 is 17.3 Å². The van der Waals surface area contributed by atoms with Crippen molar-refractivity contribution in [1.82, 2.24) is 15.6 Å². The number of ether oxygens (including phenoxy) is 2. The van der Waals surface area contributed by atoms with E-state index in [1.54, 1.807) is 18.4 Å². The number of hydrogen-bond donors (Lipinski definition) is 2. The molecule has 2 rings (SSSR count). The van der Waals surface area contributed by atoms with E-state index in [1.807, 2.05) is 0 Å². The van der Waals surface area contributed by atoms with Gasteiger partial charge in [0, 0.05) is 32.2 Å². The lowest BCUT2D eigenvalue weighted by Crippen LogP contribution is -2.37. The van der Waals surface area contributed by atoms with Gasteiger partial charge in [-0.3, -0.25) is 4.99 Å². The number of rotatable bonds is 8. The Morgan fingerprint density at radius 3 is 3.14 bits per heavy atom. The molecule has 1 aliphatic rings. The topological polar surface area (TPSA) is 67.8 Å². The Balaban J connectivity index is 1.56. The molecule has 1 aromatic heterocycles. The van der Waals surface area contributed by atoms with Gasteiger partial charge in [-0.2, -0.15) is 0 Å². The summed E-state index contributed by atoms with van der Waals surface area (Å²) in [5.74, 6) is 0.801. The molecule has 2 heterocycles. The first-order valence-electron chi connectivity index (χ1n) is 7.89. The smallest absolute Gasteiger partial charge is 0.191 e. The van der Waals surface area contributed by atoms with Crippen molar-refractivity contribution in [2.24, 2.45) is 4.99 Å². The molecule has 1 fully saturated rings. The first-order chi connectivity index (χ1) is 10.8. The van der Waals surface area contributed by atoms with Gasteiger partial charge in [0.1, 0.15) is 0 Å². The predicted octanol–water partition coefficient (Wildman–Crippen LogP) is 1.57. The number of thiazole rings is 1. The van der Waals surface area contributed by atoms with Crippen LogP contribution in [-0.2, 0) is 22.4 Å². The van der Waals surface area contributed by atoms with Crippen molar-refractivity contribution < 1.29 is 9.47 Å². The van der Waals surface area contributed by atoms with E-state index in [2.05, 4.69) is 32.9 Å². The van der Waals surface area contributed by atoms with Crippen LogP contribution in [0.5, 0.6) is 0 Å². The molecule has 0 amide bonds. The van der Waals surface area contributed by atoms with Crippen molar-refractivity contribution in [3.05, 3.63) is 16.1 Å². The van der Waals surface area contributed by atoms with Crippen LogP contribution in [0.2, 0.25) is 0 Å². The molecule has 0 bridgehead atoms. The highest BCUT2D eigenvalue weighted by molar-refractivity contribution is 7.09. The number of guanidine groups is 1. The Kier molecular flexibility index (Phi) is 7.62. The van der Waals surface area contributed by atoms with Gasteiger partial charge < -0.3 is 20.1 Å². The molecule has 1 saturated heterocycles. The van der Waals surface area contributed by atoms with E-state index < -0.39 is 0 Å².